The molecule has 1 aromatic heterocycles. The number of benzene rings is 1. The van der Waals surface area contributed by atoms with E-state index in [1.807, 2.05) is 0 Å². The second-order valence-electron chi connectivity index (χ2n) is 7.24. The lowest BCUT2D eigenvalue weighted by Gasteiger charge is -2.26. The number of nitrogens with zero attached hydrogens (tertiary/aromatic N) is 2. The number of carbonyl (C=O) groups excluding carboxylic acids is 4. The Morgan fingerprint density at radius 1 is 1.26 bits per heavy atom. The van der Waals surface area contributed by atoms with Crippen LogP contribution < -0.4 is 15.4 Å². The first-order valence-corrected chi connectivity index (χ1v) is 9.41. The van der Waals surface area contributed by atoms with E-state index >= 15 is 0 Å². The average Bonchev–Trinajstić information content (AvgIpc) is 3.21. The Morgan fingerprint density at radius 2 is 2.06 bits per heavy atom. The molecule has 2 N–H and O–H groups in total. The van der Waals surface area contributed by atoms with Crippen molar-refractivity contribution in [2.75, 3.05) is 13.7 Å². The summed E-state index contributed by atoms with van der Waals surface area (Å²) in [5, 5.41) is 4.73. The van der Waals surface area contributed by atoms with E-state index in [2.05, 4.69) is 27.5 Å². The summed E-state index contributed by atoms with van der Waals surface area (Å²) < 4.78 is 5.18. The van der Waals surface area contributed by atoms with Crippen molar-refractivity contribution in [3.05, 3.63) is 58.9 Å². The van der Waals surface area contributed by atoms with Crippen molar-refractivity contribution in [1.29, 1.82) is 0 Å². The molecule has 0 radical (unpaired) electrons. The minimum atomic E-state index is -1.61. The van der Waals surface area contributed by atoms with Crippen LogP contribution >= 0.6 is 0 Å². The number of ether oxygens (including phenoxy) is 1. The predicted molar refractivity (Wildman–Crippen MR) is 108 cm³/mol. The fourth-order valence-corrected chi connectivity index (χ4v) is 3.47. The summed E-state index contributed by atoms with van der Waals surface area (Å²) in [5.74, 6) is 5.07. The number of nitrogens with one attached hydrogen (secondary N) is 2. The lowest BCUT2D eigenvalue weighted by Crippen LogP contribution is -2.54. The van der Waals surface area contributed by atoms with Crippen molar-refractivity contribution < 1.29 is 23.9 Å². The van der Waals surface area contributed by atoms with Gasteiger partial charge in [-0.2, -0.15) is 0 Å². The van der Waals surface area contributed by atoms with Crippen LogP contribution in [0, 0.1) is 11.8 Å². The van der Waals surface area contributed by atoms with E-state index in [9.17, 15) is 19.2 Å². The van der Waals surface area contributed by atoms with Gasteiger partial charge >= 0.3 is 6.03 Å². The highest BCUT2D eigenvalue weighted by molar-refractivity contribution is 6.10. The first-order chi connectivity index (χ1) is 14.8. The number of pyridine rings is 1. The molecule has 1 saturated heterocycles. The Bertz CT molecular complexity index is 1180. The number of amides is 4. The summed E-state index contributed by atoms with van der Waals surface area (Å²) in [7, 11) is 1.51. The van der Waals surface area contributed by atoms with Crippen molar-refractivity contribution in [1.82, 2.24) is 20.5 Å². The topological polar surface area (TPSA) is 118 Å². The molecule has 4 amide bonds. The Balaban J connectivity index is 1.63. The normalized spacial score (nSPS) is 19.3. The van der Waals surface area contributed by atoms with E-state index in [0.717, 1.165) is 5.56 Å². The molecular weight excluding hydrogens is 400 g/mol. The van der Waals surface area contributed by atoms with E-state index in [-0.39, 0.29) is 24.8 Å². The molecule has 2 aliphatic rings. The van der Waals surface area contributed by atoms with Crippen molar-refractivity contribution in [2.45, 2.75) is 19.0 Å². The molecule has 1 atom stereocenters. The van der Waals surface area contributed by atoms with Gasteiger partial charge < -0.3 is 15.0 Å². The molecule has 0 aliphatic carbocycles. The molecule has 9 heteroatoms. The number of Topliss-reactive ketones (excluding diaryl/α,β-unsaturated/α-hetero) is 1. The second-order valence-corrected chi connectivity index (χ2v) is 7.24. The number of hydrogen-bond donors (Lipinski definition) is 2. The predicted octanol–water partition coefficient (Wildman–Crippen LogP) is 0.878. The van der Waals surface area contributed by atoms with E-state index in [0.29, 0.717) is 22.6 Å². The zero-order valence-electron chi connectivity index (χ0n) is 16.8. The summed E-state index contributed by atoms with van der Waals surface area (Å²) >= 11 is 0. The summed E-state index contributed by atoms with van der Waals surface area (Å²) in [6.07, 6.45) is 1.41. The molecule has 0 saturated carbocycles. The summed E-state index contributed by atoms with van der Waals surface area (Å²) in [6.45, 7) is 1.55. The van der Waals surface area contributed by atoms with Gasteiger partial charge in [-0.3, -0.25) is 24.7 Å². The number of methoxy groups -OCH3 is 1. The molecule has 1 fully saturated rings. The van der Waals surface area contributed by atoms with Crippen LogP contribution in [0.4, 0.5) is 4.79 Å². The maximum Gasteiger partial charge on any atom is 0.323 e. The minimum Gasteiger partial charge on any atom is -0.497 e. The Morgan fingerprint density at radius 3 is 2.68 bits per heavy atom. The summed E-state index contributed by atoms with van der Waals surface area (Å²) in [6, 6.07) is 7.64. The zero-order valence-corrected chi connectivity index (χ0v) is 16.8. The number of rotatable bonds is 4. The van der Waals surface area contributed by atoms with Crippen LogP contribution in [-0.4, -0.2) is 52.7 Å². The van der Waals surface area contributed by atoms with E-state index < -0.39 is 17.5 Å². The van der Waals surface area contributed by atoms with Crippen molar-refractivity contribution in [2.24, 2.45) is 0 Å². The quantitative estimate of drug-likeness (QED) is 0.432. The van der Waals surface area contributed by atoms with Gasteiger partial charge in [-0.25, -0.2) is 4.79 Å². The fourth-order valence-electron chi connectivity index (χ4n) is 3.47. The SMILES string of the molecule is COc1ccc2c(c1)C(=O)N(CC1(C#Cc3ccc(C(C)=O)nc3)NC(=O)NC1=O)C2. The smallest absolute Gasteiger partial charge is 0.323 e. The third kappa shape index (κ3) is 3.71. The fraction of sp³-hybridized carbons (Fsp3) is 0.227. The van der Waals surface area contributed by atoms with Crippen LogP contribution in [-0.2, 0) is 11.3 Å². The summed E-state index contributed by atoms with van der Waals surface area (Å²) in [5.41, 5.74) is 0.416. The van der Waals surface area contributed by atoms with Gasteiger partial charge in [0.05, 0.1) is 13.7 Å². The summed E-state index contributed by atoms with van der Waals surface area (Å²) in [4.78, 5) is 54.2. The standard InChI is InChI=1S/C22H18N4O5/c1-13(27)18-6-3-14(10-23-18)7-8-22(20(29)24-21(30)25-22)12-26-11-15-4-5-16(31-2)9-17(15)19(26)28/h3-6,9-10H,11-12H2,1-2H3,(H2,24,25,29,30). The van der Waals surface area contributed by atoms with E-state index in [1.165, 1.54) is 31.2 Å². The third-order valence-electron chi connectivity index (χ3n) is 5.11. The lowest BCUT2D eigenvalue weighted by molar-refractivity contribution is -0.122. The van der Waals surface area contributed by atoms with Gasteiger partial charge in [0.25, 0.3) is 11.8 Å². The van der Waals surface area contributed by atoms with Gasteiger partial charge in [-0.05, 0) is 29.8 Å². The minimum absolute atomic E-state index is 0.133. The molecule has 2 aliphatic heterocycles. The van der Waals surface area contributed by atoms with Gasteiger partial charge in [0.15, 0.2) is 5.78 Å². The van der Waals surface area contributed by atoms with Gasteiger partial charge in [0.1, 0.15) is 11.4 Å². The molecule has 1 unspecified atom stereocenters. The average molecular weight is 418 g/mol. The maximum atomic E-state index is 12.9. The van der Waals surface area contributed by atoms with Crippen molar-refractivity contribution in [3.63, 3.8) is 0 Å². The molecular formula is C22H18N4O5. The molecule has 31 heavy (non-hydrogen) atoms. The largest absolute Gasteiger partial charge is 0.497 e. The molecule has 9 nitrogen and oxygen atoms in total. The zero-order chi connectivity index (χ0) is 22.2. The highest BCUT2D eigenvalue weighted by Gasteiger charge is 2.48. The van der Waals surface area contributed by atoms with Gasteiger partial charge in [0, 0.05) is 30.8 Å². The molecule has 0 spiro atoms. The Hall–Kier alpha value is -4.19. The molecule has 4 rings (SSSR count). The third-order valence-corrected chi connectivity index (χ3v) is 5.11. The molecule has 2 aromatic rings. The molecule has 3 heterocycles. The monoisotopic (exact) mass is 418 g/mol. The van der Waals surface area contributed by atoms with Crippen LogP contribution in [0.1, 0.15) is 38.9 Å². The van der Waals surface area contributed by atoms with Gasteiger partial charge in [-0.1, -0.05) is 17.9 Å². The van der Waals surface area contributed by atoms with Crippen LogP contribution in [0.15, 0.2) is 36.5 Å². The van der Waals surface area contributed by atoms with Gasteiger partial charge in [0.2, 0.25) is 5.54 Å². The highest BCUT2D eigenvalue weighted by atomic mass is 16.5. The number of aromatic nitrogens is 1. The highest BCUT2D eigenvalue weighted by Crippen LogP contribution is 2.28. The first-order valence-electron chi connectivity index (χ1n) is 9.41. The number of urea groups is 1. The van der Waals surface area contributed by atoms with Crippen molar-refractivity contribution >= 4 is 23.6 Å². The van der Waals surface area contributed by atoms with Crippen LogP contribution in [0.25, 0.3) is 0 Å². The van der Waals surface area contributed by atoms with Crippen LogP contribution in [0.5, 0.6) is 5.75 Å². The Kier molecular flexibility index (Phi) is 4.91. The molecule has 1 aromatic carbocycles. The number of hydrogen-bond acceptors (Lipinski definition) is 6. The number of imide groups is 1. The number of ketones is 1. The maximum absolute atomic E-state index is 12.9. The first kappa shape index (κ1) is 20.1. The van der Waals surface area contributed by atoms with Crippen molar-refractivity contribution in [3.8, 4) is 17.6 Å². The molecule has 156 valence electrons. The van der Waals surface area contributed by atoms with Gasteiger partial charge in [-0.15, -0.1) is 0 Å². The number of carbonyl (C=O) groups is 4. The number of fused-ring (bicyclic) bond motifs is 1. The van der Waals surface area contributed by atoms with E-state index in [4.69, 9.17) is 4.74 Å². The van der Waals surface area contributed by atoms with Crippen LogP contribution in [0.2, 0.25) is 0 Å². The van der Waals surface area contributed by atoms with E-state index in [1.54, 1.807) is 24.3 Å². The lowest BCUT2D eigenvalue weighted by atomic mass is 9.99. The molecule has 0 bridgehead atoms. The second kappa shape index (κ2) is 7.57. The Labute approximate surface area is 177 Å². The van der Waals surface area contributed by atoms with Crippen LogP contribution in [0.3, 0.4) is 0 Å².